The summed E-state index contributed by atoms with van der Waals surface area (Å²) >= 11 is 0. The molecule has 14 heavy (non-hydrogen) atoms. The standard InChI is InChI=1S/C12H11FO/c1-2-10-11-5-4-9(13)7-8(11)3-6-12(10)14/h3-7,14H,2H2,1H3. The second-order valence-electron chi connectivity index (χ2n) is 3.28. The molecular formula is C12H11FO. The van der Waals surface area contributed by atoms with Crippen LogP contribution in [0, 0.1) is 5.82 Å². The maximum Gasteiger partial charge on any atom is 0.123 e. The molecule has 0 aliphatic carbocycles. The third-order valence-electron chi connectivity index (χ3n) is 2.42. The lowest BCUT2D eigenvalue weighted by Crippen LogP contribution is -1.85. The molecule has 2 heteroatoms. The SMILES string of the molecule is CCc1c(O)ccc2cc(F)ccc12. The van der Waals surface area contributed by atoms with Crippen LogP contribution in [0.25, 0.3) is 10.8 Å². The van der Waals surface area contributed by atoms with Crippen molar-refractivity contribution in [2.24, 2.45) is 0 Å². The van der Waals surface area contributed by atoms with E-state index >= 15 is 0 Å². The quantitative estimate of drug-likeness (QED) is 0.731. The number of aromatic hydroxyl groups is 1. The number of aryl methyl sites for hydroxylation is 1. The number of hydrogen-bond donors (Lipinski definition) is 1. The minimum Gasteiger partial charge on any atom is -0.508 e. The molecule has 0 saturated carbocycles. The molecule has 2 rings (SSSR count). The highest BCUT2D eigenvalue weighted by molar-refractivity contribution is 5.87. The Morgan fingerprint density at radius 1 is 1.21 bits per heavy atom. The van der Waals surface area contributed by atoms with Crippen molar-refractivity contribution in [3.05, 3.63) is 41.7 Å². The van der Waals surface area contributed by atoms with Gasteiger partial charge in [-0.3, -0.25) is 0 Å². The van der Waals surface area contributed by atoms with Crippen LogP contribution in [0.1, 0.15) is 12.5 Å². The Bertz CT molecular complexity index is 477. The molecule has 0 unspecified atom stereocenters. The van der Waals surface area contributed by atoms with Crippen LogP contribution in [-0.4, -0.2) is 5.11 Å². The van der Waals surface area contributed by atoms with Gasteiger partial charge >= 0.3 is 0 Å². The maximum absolute atomic E-state index is 12.9. The average Bonchev–Trinajstić information content (AvgIpc) is 2.18. The van der Waals surface area contributed by atoms with E-state index in [1.807, 2.05) is 6.92 Å². The van der Waals surface area contributed by atoms with Crippen molar-refractivity contribution in [1.29, 1.82) is 0 Å². The Labute approximate surface area is 81.8 Å². The molecule has 0 aliphatic rings. The average molecular weight is 190 g/mol. The lowest BCUT2D eigenvalue weighted by molar-refractivity contribution is 0.470. The zero-order chi connectivity index (χ0) is 10.1. The maximum atomic E-state index is 12.9. The lowest BCUT2D eigenvalue weighted by Gasteiger charge is -2.06. The predicted octanol–water partition coefficient (Wildman–Crippen LogP) is 3.25. The van der Waals surface area contributed by atoms with Gasteiger partial charge in [0.1, 0.15) is 11.6 Å². The van der Waals surface area contributed by atoms with Gasteiger partial charge in [-0.25, -0.2) is 4.39 Å². The summed E-state index contributed by atoms with van der Waals surface area (Å²) in [6, 6.07) is 7.95. The van der Waals surface area contributed by atoms with E-state index in [9.17, 15) is 9.50 Å². The highest BCUT2D eigenvalue weighted by Crippen LogP contribution is 2.27. The zero-order valence-corrected chi connectivity index (χ0v) is 7.92. The number of rotatable bonds is 1. The van der Waals surface area contributed by atoms with Crippen molar-refractivity contribution >= 4 is 10.8 Å². The molecule has 0 spiro atoms. The third kappa shape index (κ3) is 1.33. The number of phenolic OH excluding ortho intramolecular Hbond substituents is 1. The fourth-order valence-corrected chi connectivity index (χ4v) is 1.73. The molecule has 1 N–H and O–H groups in total. The van der Waals surface area contributed by atoms with Crippen molar-refractivity contribution in [1.82, 2.24) is 0 Å². The Morgan fingerprint density at radius 3 is 2.71 bits per heavy atom. The van der Waals surface area contributed by atoms with Gasteiger partial charge in [-0.05, 0) is 35.4 Å². The van der Waals surface area contributed by atoms with Crippen molar-refractivity contribution < 1.29 is 9.50 Å². The molecule has 2 aromatic rings. The van der Waals surface area contributed by atoms with Gasteiger partial charge in [0.25, 0.3) is 0 Å². The highest BCUT2D eigenvalue weighted by atomic mass is 19.1. The molecule has 0 radical (unpaired) electrons. The molecule has 72 valence electrons. The van der Waals surface area contributed by atoms with E-state index in [0.29, 0.717) is 0 Å². The fourth-order valence-electron chi connectivity index (χ4n) is 1.73. The molecule has 0 heterocycles. The zero-order valence-electron chi connectivity index (χ0n) is 7.92. The fraction of sp³-hybridized carbons (Fsp3) is 0.167. The summed E-state index contributed by atoms with van der Waals surface area (Å²) in [4.78, 5) is 0. The first kappa shape index (κ1) is 9.00. The molecule has 0 bridgehead atoms. The van der Waals surface area contributed by atoms with E-state index in [-0.39, 0.29) is 11.6 Å². The van der Waals surface area contributed by atoms with E-state index in [1.165, 1.54) is 12.1 Å². The number of phenols is 1. The number of fused-ring (bicyclic) bond motifs is 1. The Hall–Kier alpha value is -1.57. The van der Waals surface area contributed by atoms with Gasteiger partial charge in [0.05, 0.1) is 0 Å². The van der Waals surface area contributed by atoms with Crippen LogP contribution in [0.5, 0.6) is 5.75 Å². The Morgan fingerprint density at radius 2 is 2.00 bits per heavy atom. The van der Waals surface area contributed by atoms with Crippen LogP contribution in [0.2, 0.25) is 0 Å². The number of halogens is 1. The van der Waals surface area contributed by atoms with Gasteiger partial charge in [-0.1, -0.05) is 19.1 Å². The van der Waals surface area contributed by atoms with Crippen LogP contribution < -0.4 is 0 Å². The van der Waals surface area contributed by atoms with E-state index in [4.69, 9.17) is 0 Å². The smallest absolute Gasteiger partial charge is 0.123 e. The van der Waals surface area contributed by atoms with Crippen molar-refractivity contribution in [3.63, 3.8) is 0 Å². The second-order valence-corrected chi connectivity index (χ2v) is 3.28. The minimum atomic E-state index is -0.245. The summed E-state index contributed by atoms with van der Waals surface area (Å²) in [5.41, 5.74) is 0.877. The highest BCUT2D eigenvalue weighted by Gasteiger charge is 2.05. The summed E-state index contributed by atoms with van der Waals surface area (Å²) < 4.78 is 12.9. The van der Waals surface area contributed by atoms with Gasteiger partial charge in [0.2, 0.25) is 0 Å². The summed E-state index contributed by atoms with van der Waals surface area (Å²) in [6.45, 7) is 1.97. The van der Waals surface area contributed by atoms with Crippen LogP contribution in [0.4, 0.5) is 4.39 Å². The van der Waals surface area contributed by atoms with Crippen molar-refractivity contribution in [3.8, 4) is 5.75 Å². The predicted molar refractivity (Wildman–Crippen MR) is 54.9 cm³/mol. The van der Waals surface area contributed by atoms with Gasteiger partial charge in [0, 0.05) is 5.56 Å². The molecule has 1 nitrogen and oxygen atoms in total. The van der Waals surface area contributed by atoms with Crippen molar-refractivity contribution in [2.75, 3.05) is 0 Å². The normalized spacial score (nSPS) is 10.7. The molecule has 0 atom stereocenters. The molecule has 0 fully saturated rings. The minimum absolute atomic E-state index is 0.245. The molecule has 0 saturated heterocycles. The van der Waals surface area contributed by atoms with E-state index < -0.39 is 0 Å². The molecular weight excluding hydrogens is 179 g/mol. The number of benzene rings is 2. The molecule has 2 aromatic carbocycles. The molecule has 0 amide bonds. The number of hydrogen-bond acceptors (Lipinski definition) is 1. The summed E-state index contributed by atoms with van der Waals surface area (Å²) in [5, 5.41) is 11.3. The van der Waals surface area contributed by atoms with Crippen LogP contribution in [0.3, 0.4) is 0 Å². The first-order valence-corrected chi connectivity index (χ1v) is 4.62. The van der Waals surface area contributed by atoms with Gasteiger partial charge in [-0.15, -0.1) is 0 Å². The summed E-state index contributed by atoms with van der Waals surface area (Å²) in [6.07, 6.45) is 0.745. The Kier molecular flexibility index (Phi) is 2.12. The molecule has 0 aromatic heterocycles. The van der Waals surface area contributed by atoms with Gasteiger partial charge < -0.3 is 5.11 Å². The lowest BCUT2D eigenvalue weighted by atomic mass is 10.0. The van der Waals surface area contributed by atoms with Crippen LogP contribution >= 0.6 is 0 Å². The van der Waals surface area contributed by atoms with E-state index in [0.717, 1.165) is 22.8 Å². The first-order chi connectivity index (χ1) is 6.72. The van der Waals surface area contributed by atoms with Crippen molar-refractivity contribution in [2.45, 2.75) is 13.3 Å². The summed E-state index contributed by atoms with van der Waals surface area (Å²) in [5.74, 6) is 0.0388. The van der Waals surface area contributed by atoms with Gasteiger partial charge in [0.15, 0.2) is 0 Å². The van der Waals surface area contributed by atoms with Crippen LogP contribution in [-0.2, 0) is 6.42 Å². The Balaban J connectivity index is 2.82. The van der Waals surface area contributed by atoms with E-state index in [2.05, 4.69) is 0 Å². The second kappa shape index (κ2) is 3.29. The van der Waals surface area contributed by atoms with Crippen LogP contribution in [0.15, 0.2) is 30.3 Å². The monoisotopic (exact) mass is 190 g/mol. The van der Waals surface area contributed by atoms with E-state index in [1.54, 1.807) is 18.2 Å². The third-order valence-corrected chi connectivity index (χ3v) is 2.42. The first-order valence-electron chi connectivity index (χ1n) is 4.62. The van der Waals surface area contributed by atoms with Gasteiger partial charge in [-0.2, -0.15) is 0 Å². The largest absolute Gasteiger partial charge is 0.508 e. The molecule has 0 aliphatic heterocycles. The summed E-state index contributed by atoms with van der Waals surface area (Å²) in [7, 11) is 0. The topological polar surface area (TPSA) is 20.2 Å².